The Morgan fingerprint density at radius 3 is 2.24 bits per heavy atom. The van der Waals surface area contributed by atoms with Gasteiger partial charge in [-0.2, -0.15) is 0 Å². The maximum Gasteiger partial charge on any atom is 0.176 e. The monoisotopic (exact) mass is 338 g/mol. The fraction of sp³-hybridized carbons (Fsp3) is 0.238. The molecule has 0 radical (unpaired) electrons. The Balaban J connectivity index is 2.22. The van der Waals surface area contributed by atoms with E-state index >= 15 is 0 Å². The van der Waals surface area contributed by atoms with E-state index in [-0.39, 0.29) is 0 Å². The van der Waals surface area contributed by atoms with E-state index in [0.29, 0.717) is 11.5 Å². The molecule has 0 spiro atoms. The van der Waals surface area contributed by atoms with Gasteiger partial charge in [0.1, 0.15) is 5.76 Å². The summed E-state index contributed by atoms with van der Waals surface area (Å²) in [6.07, 6.45) is 4.05. The number of rotatable bonds is 5. The standard InChI is InChI=1S/C21H22O4/c1-6-7-14-10-16-13(2)20(25-21(16)19(11-14)24-5)15-8-9-17(22-3)18(12-15)23-4/h6-12H,1-5H3. The fourth-order valence-electron chi connectivity index (χ4n) is 3.00. The second-order valence-electron chi connectivity index (χ2n) is 5.73. The summed E-state index contributed by atoms with van der Waals surface area (Å²) in [7, 11) is 4.90. The Labute approximate surface area is 147 Å². The number of hydrogen-bond donors (Lipinski definition) is 0. The van der Waals surface area contributed by atoms with E-state index < -0.39 is 0 Å². The third kappa shape index (κ3) is 2.95. The van der Waals surface area contributed by atoms with E-state index in [2.05, 4.69) is 13.0 Å². The number of ether oxygens (including phenoxy) is 3. The lowest BCUT2D eigenvalue weighted by atomic mass is 10.0. The minimum Gasteiger partial charge on any atom is -0.493 e. The predicted molar refractivity (Wildman–Crippen MR) is 101 cm³/mol. The van der Waals surface area contributed by atoms with Crippen LogP contribution in [0.25, 0.3) is 28.4 Å². The van der Waals surface area contributed by atoms with Crippen molar-refractivity contribution in [2.45, 2.75) is 13.8 Å². The number of hydrogen-bond acceptors (Lipinski definition) is 4. The highest BCUT2D eigenvalue weighted by Crippen LogP contribution is 2.40. The van der Waals surface area contributed by atoms with Crippen molar-refractivity contribution in [3.05, 3.63) is 47.5 Å². The first-order valence-corrected chi connectivity index (χ1v) is 8.09. The van der Waals surface area contributed by atoms with Gasteiger partial charge in [0.15, 0.2) is 22.8 Å². The van der Waals surface area contributed by atoms with Crippen LogP contribution < -0.4 is 14.2 Å². The summed E-state index contributed by atoms with van der Waals surface area (Å²) in [6, 6.07) is 9.85. The van der Waals surface area contributed by atoms with Crippen LogP contribution in [0.4, 0.5) is 0 Å². The third-order valence-corrected chi connectivity index (χ3v) is 4.25. The Bertz CT molecular complexity index is 935. The summed E-state index contributed by atoms with van der Waals surface area (Å²) in [6.45, 7) is 4.05. The number of methoxy groups -OCH3 is 3. The molecule has 0 aliphatic rings. The van der Waals surface area contributed by atoms with Gasteiger partial charge in [-0.15, -0.1) is 0 Å². The molecule has 0 aliphatic heterocycles. The Morgan fingerprint density at radius 1 is 0.880 bits per heavy atom. The molecule has 1 aromatic heterocycles. The van der Waals surface area contributed by atoms with Crippen LogP contribution in [0.5, 0.6) is 17.2 Å². The molecular weight excluding hydrogens is 316 g/mol. The van der Waals surface area contributed by atoms with Crippen molar-refractivity contribution in [1.82, 2.24) is 0 Å². The molecule has 0 atom stereocenters. The van der Waals surface area contributed by atoms with Crippen LogP contribution in [-0.2, 0) is 0 Å². The molecule has 4 nitrogen and oxygen atoms in total. The van der Waals surface area contributed by atoms with Gasteiger partial charge in [-0.25, -0.2) is 0 Å². The normalized spacial score (nSPS) is 11.2. The molecule has 0 saturated heterocycles. The first kappa shape index (κ1) is 17.0. The summed E-state index contributed by atoms with van der Waals surface area (Å²) in [4.78, 5) is 0. The molecular formula is C21H22O4. The molecule has 1 heterocycles. The van der Waals surface area contributed by atoms with E-state index in [9.17, 15) is 0 Å². The van der Waals surface area contributed by atoms with Gasteiger partial charge in [-0.05, 0) is 49.7 Å². The van der Waals surface area contributed by atoms with Crippen molar-refractivity contribution in [2.75, 3.05) is 21.3 Å². The van der Waals surface area contributed by atoms with Gasteiger partial charge in [0.05, 0.1) is 21.3 Å². The SMILES string of the molecule is CC=Cc1cc(OC)c2oc(-c3ccc(OC)c(OC)c3)c(C)c2c1. The molecule has 25 heavy (non-hydrogen) atoms. The maximum absolute atomic E-state index is 6.17. The van der Waals surface area contributed by atoms with Gasteiger partial charge in [-0.1, -0.05) is 12.2 Å². The first-order chi connectivity index (χ1) is 12.1. The smallest absolute Gasteiger partial charge is 0.176 e. The topological polar surface area (TPSA) is 40.8 Å². The Kier molecular flexibility index (Phi) is 4.70. The van der Waals surface area contributed by atoms with Gasteiger partial charge < -0.3 is 18.6 Å². The van der Waals surface area contributed by atoms with E-state index in [4.69, 9.17) is 18.6 Å². The quantitative estimate of drug-likeness (QED) is 0.619. The van der Waals surface area contributed by atoms with Crippen LogP contribution in [0.1, 0.15) is 18.1 Å². The summed E-state index contributed by atoms with van der Waals surface area (Å²) in [5.74, 6) is 2.88. The van der Waals surface area contributed by atoms with Crippen LogP contribution >= 0.6 is 0 Å². The highest BCUT2D eigenvalue weighted by Gasteiger charge is 2.18. The number of benzene rings is 2. The van der Waals surface area contributed by atoms with Crippen LogP contribution in [0, 0.1) is 6.92 Å². The average Bonchev–Trinajstić information content (AvgIpc) is 2.97. The third-order valence-electron chi connectivity index (χ3n) is 4.25. The van der Waals surface area contributed by atoms with Gasteiger partial charge in [0.25, 0.3) is 0 Å². The molecule has 0 N–H and O–H groups in total. The van der Waals surface area contributed by atoms with Gasteiger partial charge in [0, 0.05) is 16.5 Å². The number of furan rings is 1. The predicted octanol–water partition coefficient (Wildman–Crippen LogP) is 5.47. The zero-order chi connectivity index (χ0) is 18.0. The largest absolute Gasteiger partial charge is 0.493 e. The lowest BCUT2D eigenvalue weighted by Gasteiger charge is -2.08. The lowest BCUT2D eigenvalue weighted by Crippen LogP contribution is -1.90. The molecule has 3 aromatic rings. The number of allylic oxidation sites excluding steroid dienone is 1. The van der Waals surface area contributed by atoms with Crippen molar-refractivity contribution < 1.29 is 18.6 Å². The molecule has 0 unspecified atom stereocenters. The molecule has 0 aliphatic carbocycles. The van der Waals surface area contributed by atoms with Gasteiger partial charge >= 0.3 is 0 Å². The minimum absolute atomic E-state index is 0.668. The Hall–Kier alpha value is -2.88. The first-order valence-electron chi connectivity index (χ1n) is 8.09. The highest BCUT2D eigenvalue weighted by atomic mass is 16.5. The van der Waals surface area contributed by atoms with Crippen molar-refractivity contribution in [3.8, 4) is 28.6 Å². The fourth-order valence-corrected chi connectivity index (χ4v) is 3.00. The van der Waals surface area contributed by atoms with Crippen LogP contribution in [0.2, 0.25) is 0 Å². The molecule has 0 fully saturated rings. The Morgan fingerprint density at radius 2 is 1.60 bits per heavy atom. The zero-order valence-electron chi connectivity index (χ0n) is 15.2. The van der Waals surface area contributed by atoms with Crippen LogP contribution in [0.15, 0.2) is 40.8 Å². The summed E-state index contributed by atoms with van der Waals surface area (Å²) >= 11 is 0. The maximum atomic E-state index is 6.17. The molecule has 4 heteroatoms. The number of aryl methyl sites for hydroxylation is 1. The average molecular weight is 338 g/mol. The van der Waals surface area contributed by atoms with E-state index in [0.717, 1.165) is 39.2 Å². The molecule has 0 saturated carbocycles. The van der Waals surface area contributed by atoms with Crippen LogP contribution in [0.3, 0.4) is 0 Å². The summed E-state index contributed by atoms with van der Waals surface area (Å²) in [5, 5.41) is 1.04. The molecule has 130 valence electrons. The van der Waals surface area contributed by atoms with Gasteiger partial charge in [-0.3, -0.25) is 0 Å². The summed E-state index contributed by atoms with van der Waals surface area (Å²) in [5.41, 5.74) is 3.82. The molecule has 3 rings (SSSR count). The van der Waals surface area contributed by atoms with E-state index in [1.807, 2.05) is 43.3 Å². The van der Waals surface area contributed by atoms with Crippen molar-refractivity contribution in [3.63, 3.8) is 0 Å². The van der Waals surface area contributed by atoms with Crippen LogP contribution in [-0.4, -0.2) is 21.3 Å². The van der Waals surface area contributed by atoms with Crippen molar-refractivity contribution in [2.24, 2.45) is 0 Å². The zero-order valence-corrected chi connectivity index (χ0v) is 15.2. The molecule has 0 amide bonds. The molecule has 2 aromatic carbocycles. The van der Waals surface area contributed by atoms with Crippen molar-refractivity contribution >= 4 is 17.0 Å². The second kappa shape index (κ2) is 6.93. The molecule has 0 bridgehead atoms. The van der Waals surface area contributed by atoms with Gasteiger partial charge in [0.2, 0.25) is 0 Å². The lowest BCUT2D eigenvalue weighted by molar-refractivity contribution is 0.355. The second-order valence-corrected chi connectivity index (χ2v) is 5.73. The van der Waals surface area contributed by atoms with E-state index in [1.54, 1.807) is 21.3 Å². The van der Waals surface area contributed by atoms with E-state index in [1.165, 1.54) is 0 Å². The number of fused-ring (bicyclic) bond motifs is 1. The summed E-state index contributed by atoms with van der Waals surface area (Å²) < 4.78 is 22.4. The van der Waals surface area contributed by atoms with Crippen molar-refractivity contribution in [1.29, 1.82) is 0 Å². The minimum atomic E-state index is 0.668. The highest BCUT2D eigenvalue weighted by molar-refractivity contribution is 5.93.